The fourth-order valence-corrected chi connectivity index (χ4v) is 4.84. The number of nitrogens with zero attached hydrogens (tertiary/aromatic N) is 3. The number of phenolic OH excluding ortho intramolecular Hbond substituents is 1. The van der Waals surface area contributed by atoms with Crippen LogP contribution in [0.1, 0.15) is 52.7 Å². The first-order valence-electron chi connectivity index (χ1n) is 14.4. The SMILES string of the molecule is CC.CCN(C)CCN(CCN(CCc1ccc(O)c2[nH]c(=O)sc12)C(=O)OCc1ccccc1)C(=O)OC(C)(C)C. The Hall–Kier alpha value is -3.57. The smallest absolute Gasteiger partial charge is 0.410 e. The van der Waals surface area contributed by atoms with Gasteiger partial charge in [0, 0.05) is 32.7 Å². The second kappa shape index (κ2) is 16.8. The Morgan fingerprint density at radius 3 is 2.17 bits per heavy atom. The number of aromatic amines is 1. The van der Waals surface area contributed by atoms with E-state index in [4.69, 9.17) is 9.47 Å². The third kappa shape index (κ3) is 11.0. The molecule has 0 unspecified atom stereocenters. The molecule has 1 aromatic heterocycles. The van der Waals surface area contributed by atoms with Crippen molar-refractivity contribution >= 4 is 33.7 Å². The monoisotopic (exact) mass is 602 g/mol. The number of ether oxygens (including phenoxy) is 2. The molecule has 3 rings (SSSR count). The van der Waals surface area contributed by atoms with Gasteiger partial charge in [0.25, 0.3) is 0 Å². The van der Waals surface area contributed by atoms with Gasteiger partial charge in [0.1, 0.15) is 23.5 Å². The van der Waals surface area contributed by atoms with E-state index in [0.29, 0.717) is 29.7 Å². The van der Waals surface area contributed by atoms with Crippen LogP contribution in [0.3, 0.4) is 0 Å². The number of nitrogens with one attached hydrogen (secondary N) is 1. The topological polar surface area (TPSA) is 115 Å². The number of thiazole rings is 1. The van der Waals surface area contributed by atoms with Gasteiger partial charge in [-0.1, -0.05) is 68.5 Å². The van der Waals surface area contributed by atoms with Gasteiger partial charge in [-0.25, -0.2) is 9.59 Å². The van der Waals surface area contributed by atoms with Crippen LogP contribution in [0.2, 0.25) is 0 Å². The van der Waals surface area contributed by atoms with Gasteiger partial charge in [-0.05, 0) is 58.0 Å². The molecule has 0 saturated heterocycles. The van der Waals surface area contributed by atoms with Crippen molar-refractivity contribution in [2.45, 2.75) is 60.2 Å². The molecule has 10 nitrogen and oxygen atoms in total. The van der Waals surface area contributed by atoms with Crippen LogP contribution in [0.4, 0.5) is 9.59 Å². The third-order valence-corrected chi connectivity index (χ3v) is 7.29. The van der Waals surface area contributed by atoms with Gasteiger partial charge >= 0.3 is 17.1 Å². The zero-order chi connectivity index (χ0) is 31.3. The molecule has 42 heavy (non-hydrogen) atoms. The highest BCUT2D eigenvalue weighted by atomic mass is 32.1. The summed E-state index contributed by atoms with van der Waals surface area (Å²) < 4.78 is 11.9. The Morgan fingerprint density at radius 2 is 1.55 bits per heavy atom. The van der Waals surface area contributed by atoms with Gasteiger partial charge in [0.05, 0.1) is 4.70 Å². The Morgan fingerprint density at radius 1 is 0.929 bits per heavy atom. The molecule has 2 aromatic carbocycles. The molecule has 0 aliphatic heterocycles. The minimum atomic E-state index is -0.650. The predicted octanol–water partition coefficient (Wildman–Crippen LogP) is 5.69. The number of likely N-dealkylation sites (N-methyl/N-ethyl adjacent to an activating group) is 1. The fourth-order valence-electron chi connectivity index (χ4n) is 3.94. The van der Waals surface area contributed by atoms with E-state index in [0.717, 1.165) is 29.0 Å². The zero-order valence-electron chi connectivity index (χ0n) is 25.9. The quantitative estimate of drug-likeness (QED) is 0.274. The van der Waals surface area contributed by atoms with Crippen LogP contribution in [0.25, 0.3) is 10.2 Å². The lowest BCUT2D eigenvalue weighted by Crippen LogP contribution is -2.46. The molecule has 0 aliphatic rings. The van der Waals surface area contributed by atoms with Gasteiger partial charge in [-0.15, -0.1) is 0 Å². The maximum atomic E-state index is 13.3. The molecule has 11 heteroatoms. The molecule has 0 fully saturated rings. The van der Waals surface area contributed by atoms with E-state index in [-0.39, 0.29) is 36.9 Å². The van der Waals surface area contributed by atoms with Crippen LogP contribution in [0.5, 0.6) is 5.75 Å². The standard InChI is InChI=1S/C29H40N4O6S.C2H6/c1-6-31(5)16-17-33(28(37)39-29(2,3)4)19-18-32(27(36)38-20-21-10-8-7-9-11-21)15-14-22-12-13-23(34)24-25(22)40-26(35)30-24;1-2/h7-13,34H,6,14-20H2,1-5H3,(H,30,35);1-2H3. The van der Waals surface area contributed by atoms with Crippen molar-refractivity contribution in [3.05, 3.63) is 63.3 Å². The van der Waals surface area contributed by atoms with Gasteiger partial charge < -0.3 is 34.3 Å². The number of phenols is 1. The summed E-state index contributed by atoms with van der Waals surface area (Å²) in [5.74, 6) is 0.00118. The second-order valence-corrected chi connectivity index (χ2v) is 11.6. The van der Waals surface area contributed by atoms with Crippen molar-refractivity contribution in [1.82, 2.24) is 19.7 Å². The molecular formula is C31H46N4O6S. The number of benzene rings is 2. The Labute approximate surface area is 252 Å². The summed E-state index contributed by atoms with van der Waals surface area (Å²) >= 11 is 1.02. The molecule has 2 N–H and O–H groups in total. The molecular weight excluding hydrogens is 556 g/mol. The largest absolute Gasteiger partial charge is 0.506 e. The number of carbonyl (C=O) groups excluding carboxylic acids is 2. The molecule has 0 atom stereocenters. The van der Waals surface area contributed by atoms with Crippen molar-refractivity contribution in [2.75, 3.05) is 46.3 Å². The zero-order valence-corrected chi connectivity index (χ0v) is 26.8. The molecule has 0 aliphatic carbocycles. The van der Waals surface area contributed by atoms with Gasteiger partial charge in [-0.2, -0.15) is 0 Å². The van der Waals surface area contributed by atoms with Crippen molar-refractivity contribution in [3.8, 4) is 5.75 Å². The lowest BCUT2D eigenvalue weighted by Gasteiger charge is -2.31. The number of hydrogen-bond acceptors (Lipinski definition) is 8. The molecule has 0 bridgehead atoms. The van der Waals surface area contributed by atoms with E-state index in [1.54, 1.807) is 15.9 Å². The molecule has 0 spiro atoms. The number of hydrogen-bond donors (Lipinski definition) is 2. The molecule has 0 saturated carbocycles. The highest BCUT2D eigenvalue weighted by Crippen LogP contribution is 2.28. The minimum Gasteiger partial charge on any atom is -0.506 e. The van der Waals surface area contributed by atoms with Crippen molar-refractivity contribution in [1.29, 1.82) is 0 Å². The van der Waals surface area contributed by atoms with Crippen LogP contribution >= 0.6 is 11.3 Å². The lowest BCUT2D eigenvalue weighted by molar-refractivity contribution is 0.0211. The summed E-state index contributed by atoms with van der Waals surface area (Å²) in [6.45, 7) is 14.4. The highest BCUT2D eigenvalue weighted by molar-refractivity contribution is 7.16. The first kappa shape index (κ1) is 34.6. The summed E-state index contributed by atoms with van der Waals surface area (Å²) in [6, 6.07) is 12.7. The number of aromatic hydroxyl groups is 1. The second-order valence-electron chi connectivity index (χ2n) is 10.6. The van der Waals surface area contributed by atoms with Crippen LogP contribution in [0, 0.1) is 0 Å². The van der Waals surface area contributed by atoms with Crippen molar-refractivity contribution in [3.63, 3.8) is 0 Å². The van der Waals surface area contributed by atoms with Gasteiger partial charge in [0.2, 0.25) is 0 Å². The molecule has 0 radical (unpaired) electrons. The molecule has 232 valence electrons. The van der Waals surface area contributed by atoms with E-state index in [1.807, 2.05) is 78.9 Å². The predicted molar refractivity (Wildman–Crippen MR) is 168 cm³/mol. The van der Waals surface area contributed by atoms with E-state index in [1.165, 1.54) is 6.07 Å². The van der Waals surface area contributed by atoms with E-state index >= 15 is 0 Å². The summed E-state index contributed by atoms with van der Waals surface area (Å²) in [7, 11) is 1.98. The van der Waals surface area contributed by atoms with Crippen LogP contribution in [-0.4, -0.2) is 88.9 Å². The average molecular weight is 603 g/mol. The van der Waals surface area contributed by atoms with Crippen LogP contribution < -0.4 is 4.87 Å². The van der Waals surface area contributed by atoms with E-state index < -0.39 is 17.8 Å². The number of amides is 2. The maximum absolute atomic E-state index is 13.3. The van der Waals surface area contributed by atoms with E-state index in [2.05, 4.69) is 9.88 Å². The molecule has 3 aromatic rings. The number of aromatic nitrogens is 1. The maximum Gasteiger partial charge on any atom is 0.410 e. The number of carbonyl (C=O) groups is 2. The minimum absolute atomic E-state index is 0.00118. The lowest BCUT2D eigenvalue weighted by atomic mass is 10.1. The first-order valence-corrected chi connectivity index (χ1v) is 15.2. The van der Waals surface area contributed by atoms with Crippen LogP contribution in [0.15, 0.2) is 47.3 Å². The third-order valence-electron chi connectivity index (χ3n) is 6.34. The van der Waals surface area contributed by atoms with Gasteiger partial charge in [-0.3, -0.25) is 4.79 Å². The van der Waals surface area contributed by atoms with Crippen molar-refractivity contribution in [2.24, 2.45) is 0 Å². The van der Waals surface area contributed by atoms with Crippen molar-refractivity contribution < 1.29 is 24.2 Å². The summed E-state index contributed by atoms with van der Waals surface area (Å²) in [4.78, 5) is 45.9. The Bertz CT molecular complexity index is 1320. The molecule has 2 amide bonds. The fraction of sp³-hybridized carbons (Fsp3) is 0.516. The summed E-state index contributed by atoms with van der Waals surface area (Å²) in [5, 5.41) is 10.1. The Kier molecular flexibility index (Phi) is 13.8. The number of H-pyrrole nitrogens is 1. The summed E-state index contributed by atoms with van der Waals surface area (Å²) in [6.07, 6.45) is -0.515. The van der Waals surface area contributed by atoms with Crippen LogP contribution in [-0.2, 0) is 22.5 Å². The number of fused-ring (bicyclic) bond motifs is 1. The normalized spacial score (nSPS) is 11.1. The average Bonchev–Trinajstić information content (AvgIpc) is 3.37. The van der Waals surface area contributed by atoms with E-state index in [9.17, 15) is 19.5 Å². The number of rotatable bonds is 12. The highest BCUT2D eigenvalue weighted by Gasteiger charge is 2.24. The van der Waals surface area contributed by atoms with Gasteiger partial charge in [0.15, 0.2) is 0 Å². The molecule has 1 heterocycles. The Balaban J connectivity index is 0.00000301. The summed E-state index contributed by atoms with van der Waals surface area (Å²) in [5.41, 5.74) is 1.43. The first-order chi connectivity index (χ1) is 20.0.